The Morgan fingerprint density at radius 3 is 1.69 bits per heavy atom. The topological polar surface area (TPSA) is 0 Å². The molecule has 4 rings (SSSR count). The Morgan fingerprint density at radius 1 is 0.500 bits per heavy atom. The molecule has 0 nitrogen and oxygen atoms in total. The summed E-state index contributed by atoms with van der Waals surface area (Å²) < 4.78 is 45.5. The molecule has 7 unspecified atom stereocenters. The smallest absolute Gasteiger partial charge is 0.134 e. The van der Waals surface area contributed by atoms with Gasteiger partial charge in [0.05, 0.1) is 0 Å². The molecule has 36 heavy (non-hydrogen) atoms. The van der Waals surface area contributed by atoms with Crippen LogP contribution in [0.5, 0.6) is 0 Å². The standard InChI is InChI=1S/C33H57F3/c1-3-5-7-25-13-20-29(31(34)22-25)26-14-10-24(11-15-26)12-18-28-19-21-30(33(36)32(28)35)27-16-8-23(6-4-2)9-17-27/h23-33H,3-22H2,1-2H3. The Kier molecular flexibility index (Phi) is 11.4. The minimum absolute atomic E-state index is 0.0278. The number of hydrogen-bond acceptors (Lipinski definition) is 0. The Bertz CT molecular complexity index is 606. The number of alkyl halides is 3. The van der Waals surface area contributed by atoms with Crippen molar-refractivity contribution in [3.63, 3.8) is 0 Å². The first kappa shape index (κ1) is 28.8. The zero-order valence-corrected chi connectivity index (χ0v) is 23.6. The van der Waals surface area contributed by atoms with Crippen molar-refractivity contribution in [3.8, 4) is 0 Å². The van der Waals surface area contributed by atoms with Gasteiger partial charge in [0.25, 0.3) is 0 Å². The van der Waals surface area contributed by atoms with Crippen molar-refractivity contribution >= 4 is 0 Å². The van der Waals surface area contributed by atoms with Crippen LogP contribution in [0.15, 0.2) is 0 Å². The molecule has 0 saturated heterocycles. The SMILES string of the molecule is CCCCC1CCC(C2CCC(CCC3CCC(C4CCC(CCC)CC4)C(F)C3F)CC2)C(F)C1. The Hall–Kier alpha value is -0.210. The summed E-state index contributed by atoms with van der Waals surface area (Å²) in [6.07, 6.45) is 19.4. The molecule has 4 aliphatic rings. The van der Waals surface area contributed by atoms with Crippen molar-refractivity contribution in [1.82, 2.24) is 0 Å². The largest absolute Gasteiger partial charge is 0.247 e. The lowest BCUT2D eigenvalue weighted by molar-refractivity contribution is -0.0165. The van der Waals surface area contributed by atoms with Crippen LogP contribution in [0.25, 0.3) is 0 Å². The summed E-state index contributed by atoms with van der Waals surface area (Å²) in [6.45, 7) is 4.48. The summed E-state index contributed by atoms with van der Waals surface area (Å²) in [5.41, 5.74) is 0. The maximum absolute atomic E-state index is 15.3. The van der Waals surface area contributed by atoms with Gasteiger partial charge in [-0.05, 0) is 112 Å². The van der Waals surface area contributed by atoms with Crippen molar-refractivity contribution in [2.45, 2.75) is 161 Å². The lowest BCUT2D eigenvalue weighted by Crippen LogP contribution is -2.42. The molecule has 210 valence electrons. The van der Waals surface area contributed by atoms with Crippen molar-refractivity contribution in [2.24, 2.45) is 47.3 Å². The maximum atomic E-state index is 15.3. The molecule has 3 heteroatoms. The van der Waals surface area contributed by atoms with E-state index in [1.54, 1.807) is 0 Å². The maximum Gasteiger partial charge on any atom is 0.134 e. The molecule has 0 aliphatic heterocycles. The third-order valence-electron chi connectivity index (χ3n) is 11.6. The highest BCUT2D eigenvalue weighted by atomic mass is 19.2. The van der Waals surface area contributed by atoms with E-state index in [9.17, 15) is 0 Å². The van der Waals surface area contributed by atoms with Gasteiger partial charge in [-0.3, -0.25) is 0 Å². The van der Waals surface area contributed by atoms with E-state index in [1.165, 1.54) is 64.2 Å². The first-order valence-corrected chi connectivity index (χ1v) is 16.4. The highest BCUT2D eigenvalue weighted by Crippen LogP contribution is 2.47. The number of unbranched alkanes of at least 4 members (excludes halogenated alkanes) is 1. The molecule has 7 atom stereocenters. The predicted molar refractivity (Wildman–Crippen MR) is 146 cm³/mol. The van der Waals surface area contributed by atoms with E-state index >= 15 is 13.2 Å². The van der Waals surface area contributed by atoms with E-state index in [4.69, 9.17) is 0 Å². The molecule has 0 aromatic rings. The van der Waals surface area contributed by atoms with Crippen molar-refractivity contribution in [2.75, 3.05) is 0 Å². The average molecular weight is 511 g/mol. The van der Waals surface area contributed by atoms with Crippen molar-refractivity contribution in [1.29, 1.82) is 0 Å². The molecule has 4 fully saturated rings. The monoisotopic (exact) mass is 510 g/mol. The van der Waals surface area contributed by atoms with Gasteiger partial charge in [0.2, 0.25) is 0 Å². The van der Waals surface area contributed by atoms with Gasteiger partial charge in [-0.2, -0.15) is 0 Å². The van der Waals surface area contributed by atoms with Crippen LogP contribution >= 0.6 is 0 Å². The highest BCUT2D eigenvalue weighted by molar-refractivity contribution is 4.93. The molecule has 4 aliphatic carbocycles. The normalized spacial score (nSPS) is 44.4. The third-order valence-corrected chi connectivity index (χ3v) is 11.6. The van der Waals surface area contributed by atoms with Gasteiger partial charge in [0, 0.05) is 0 Å². The fraction of sp³-hybridized carbons (Fsp3) is 1.00. The predicted octanol–water partition coefficient (Wildman–Crippen LogP) is 10.8. The van der Waals surface area contributed by atoms with E-state index in [0.29, 0.717) is 29.6 Å². The average Bonchev–Trinajstić information content (AvgIpc) is 2.90. The quantitative estimate of drug-likeness (QED) is 0.274. The molecule has 0 aromatic carbocycles. The number of rotatable bonds is 10. The second-order valence-electron chi connectivity index (χ2n) is 13.8. The molecule has 0 N–H and O–H groups in total. The summed E-state index contributed by atoms with van der Waals surface area (Å²) in [6, 6.07) is 0. The van der Waals surface area contributed by atoms with Crippen molar-refractivity contribution in [3.05, 3.63) is 0 Å². The number of hydrogen-bond donors (Lipinski definition) is 0. The van der Waals surface area contributed by atoms with Gasteiger partial charge in [-0.1, -0.05) is 78.1 Å². The van der Waals surface area contributed by atoms with Crippen molar-refractivity contribution < 1.29 is 13.2 Å². The van der Waals surface area contributed by atoms with E-state index in [2.05, 4.69) is 13.8 Å². The Morgan fingerprint density at radius 2 is 1.08 bits per heavy atom. The van der Waals surface area contributed by atoms with Crippen LogP contribution in [-0.2, 0) is 0 Å². The lowest BCUT2D eigenvalue weighted by atomic mass is 9.65. The van der Waals surface area contributed by atoms with Gasteiger partial charge >= 0.3 is 0 Å². The highest BCUT2D eigenvalue weighted by Gasteiger charge is 2.44. The van der Waals surface area contributed by atoms with E-state index in [-0.39, 0.29) is 11.8 Å². The number of halogens is 3. The van der Waals surface area contributed by atoms with Gasteiger partial charge in [0.15, 0.2) is 0 Å². The zero-order valence-electron chi connectivity index (χ0n) is 23.6. The molecule has 0 heterocycles. The minimum atomic E-state index is -1.25. The van der Waals surface area contributed by atoms with Crippen LogP contribution in [0.4, 0.5) is 13.2 Å². The summed E-state index contributed by atoms with van der Waals surface area (Å²) in [5.74, 6) is 3.27. The first-order valence-electron chi connectivity index (χ1n) is 16.4. The lowest BCUT2D eigenvalue weighted by Gasteiger charge is -2.42. The van der Waals surface area contributed by atoms with Crippen LogP contribution in [0, 0.1) is 47.3 Å². The van der Waals surface area contributed by atoms with Gasteiger partial charge in [-0.15, -0.1) is 0 Å². The second-order valence-corrected chi connectivity index (χ2v) is 13.8. The molecule has 0 spiro atoms. The molecular weight excluding hydrogens is 453 g/mol. The summed E-state index contributed by atoms with van der Waals surface area (Å²) in [5, 5.41) is 0. The first-order chi connectivity index (χ1) is 17.5. The van der Waals surface area contributed by atoms with Crippen LogP contribution in [0.2, 0.25) is 0 Å². The molecule has 0 radical (unpaired) electrons. The zero-order chi connectivity index (χ0) is 25.5. The van der Waals surface area contributed by atoms with Crippen LogP contribution < -0.4 is 0 Å². The molecular formula is C33H57F3. The summed E-state index contributed by atoms with van der Waals surface area (Å²) >= 11 is 0. The fourth-order valence-corrected chi connectivity index (χ4v) is 9.19. The van der Waals surface area contributed by atoms with Gasteiger partial charge in [-0.25, -0.2) is 13.2 Å². The van der Waals surface area contributed by atoms with E-state index in [0.717, 1.165) is 70.1 Å². The summed E-state index contributed by atoms with van der Waals surface area (Å²) in [4.78, 5) is 0. The molecule has 0 amide bonds. The fourth-order valence-electron chi connectivity index (χ4n) is 9.19. The molecule has 4 saturated carbocycles. The van der Waals surface area contributed by atoms with E-state index in [1.807, 2.05) is 0 Å². The van der Waals surface area contributed by atoms with Crippen LogP contribution in [0.1, 0.15) is 142 Å². The van der Waals surface area contributed by atoms with Gasteiger partial charge < -0.3 is 0 Å². The summed E-state index contributed by atoms with van der Waals surface area (Å²) in [7, 11) is 0. The Balaban J connectivity index is 1.14. The second kappa shape index (κ2) is 14.3. The Labute approximate surface area is 221 Å². The van der Waals surface area contributed by atoms with Crippen LogP contribution in [0.3, 0.4) is 0 Å². The molecule has 0 bridgehead atoms. The third kappa shape index (κ3) is 7.46. The molecule has 0 aromatic heterocycles. The van der Waals surface area contributed by atoms with E-state index < -0.39 is 18.5 Å². The minimum Gasteiger partial charge on any atom is -0.247 e. The van der Waals surface area contributed by atoms with Crippen LogP contribution in [-0.4, -0.2) is 18.5 Å². The van der Waals surface area contributed by atoms with Gasteiger partial charge in [0.1, 0.15) is 18.5 Å².